The third-order valence-corrected chi connectivity index (χ3v) is 9.62. The van der Waals surface area contributed by atoms with E-state index in [1.54, 1.807) is 4.80 Å². The van der Waals surface area contributed by atoms with Crippen molar-refractivity contribution in [3.05, 3.63) is 179 Å². The molecule has 0 fully saturated rings. The second-order valence-electron chi connectivity index (χ2n) is 13.4. The lowest BCUT2D eigenvalue weighted by Crippen LogP contribution is -2.39. The average molecular weight is 701 g/mol. The summed E-state index contributed by atoms with van der Waals surface area (Å²) in [5.74, 6) is 0.347. The van der Waals surface area contributed by atoms with Crippen LogP contribution in [0.3, 0.4) is 0 Å². The number of carbonyl (C=O) groups excluding carboxylic acids is 1. The van der Waals surface area contributed by atoms with Crippen molar-refractivity contribution in [2.45, 2.75) is 58.5 Å². The number of aryl methyl sites for hydroxylation is 1. The fourth-order valence-corrected chi connectivity index (χ4v) is 7.32. The Kier molecular flexibility index (Phi) is 10.4. The Morgan fingerprint density at radius 1 is 0.698 bits per heavy atom. The largest absolute Gasteiger partial charge is 0.462 e. The van der Waals surface area contributed by atoms with Gasteiger partial charge in [-0.1, -0.05) is 160 Å². The minimum atomic E-state index is -0.867. The van der Waals surface area contributed by atoms with Crippen molar-refractivity contribution in [3.63, 3.8) is 0 Å². The van der Waals surface area contributed by atoms with E-state index in [1.165, 1.54) is 0 Å². The number of esters is 1. The molecule has 7 aromatic rings. The van der Waals surface area contributed by atoms with Gasteiger partial charge < -0.3 is 4.74 Å². The lowest BCUT2D eigenvalue weighted by molar-refractivity contribution is 0.0523. The Morgan fingerprint density at radius 2 is 1.25 bits per heavy atom. The predicted octanol–water partition coefficient (Wildman–Crippen LogP) is 9.34. The first-order chi connectivity index (χ1) is 25.9. The Morgan fingerprint density at radius 3 is 1.77 bits per heavy atom. The van der Waals surface area contributed by atoms with Gasteiger partial charge in [0, 0.05) is 18.5 Å². The summed E-state index contributed by atoms with van der Waals surface area (Å²) in [5.41, 5.74) is 8.41. The molecule has 0 aliphatic carbocycles. The van der Waals surface area contributed by atoms with Crippen LogP contribution >= 0.6 is 0 Å². The average Bonchev–Trinajstić information content (AvgIpc) is 3.83. The number of benzene rings is 5. The zero-order valence-corrected chi connectivity index (χ0v) is 30.7. The van der Waals surface area contributed by atoms with Crippen molar-refractivity contribution in [2.75, 3.05) is 6.61 Å². The van der Waals surface area contributed by atoms with Gasteiger partial charge in [0.05, 0.1) is 18.0 Å². The maximum Gasteiger partial charge on any atom is 0.341 e. The molecule has 266 valence electrons. The van der Waals surface area contributed by atoms with Crippen LogP contribution in [-0.2, 0) is 23.2 Å². The number of rotatable bonds is 13. The second kappa shape index (κ2) is 15.6. The van der Waals surface area contributed by atoms with Crippen LogP contribution in [0.25, 0.3) is 22.5 Å². The van der Waals surface area contributed by atoms with E-state index < -0.39 is 5.54 Å². The van der Waals surface area contributed by atoms with E-state index in [0.29, 0.717) is 24.4 Å². The van der Waals surface area contributed by atoms with E-state index >= 15 is 0 Å². The molecule has 0 spiro atoms. The van der Waals surface area contributed by atoms with Crippen LogP contribution in [0.2, 0.25) is 0 Å². The standard InChI is InChI=1S/C45H44N6O2/c1-5-30-50-42(32(3)4)41(44(52)53-6-2)40(47-50)31-33-26-28-34(29-27-33)38-24-16-17-25-39(38)43-46-49-51(48-43)45(35-18-10-7-11-19-35,36-20-12-8-13-21-36)37-22-14-9-15-23-37/h7-29,32H,5-6,30-31H2,1-4H3. The van der Waals surface area contributed by atoms with E-state index in [9.17, 15) is 4.79 Å². The Balaban J connectivity index is 1.27. The zero-order valence-electron chi connectivity index (χ0n) is 30.7. The van der Waals surface area contributed by atoms with Crippen LogP contribution in [0, 0.1) is 0 Å². The van der Waals surface area contributed by atoms with Gasteiger partial charge in [0.1, 0.15) is 5.56 Å². The number of hydrogen-bond donors (Lipinski definition) is 0. The highest BCUT2D eigenvalue weighted by Gasteiger charge is 2.41. The second-order valence-corrected chi connectivity index (χ2v) is 13.4. The molecule has 5 aromatic carbocycles. The number of tetrazole rings is 1. The van der Waals surface area contributed by atoms with E-state index in [0.717, 1.165) is 63.3 Å². The number of hydrogen-bond acceptors (Lipinski definition) is 6. The highest BCUT2D eigenvalue weighted by atomic mass is 16.5. The molecule has 0 unspecified atom stereocenters. The first kappa shape index (κ1) is 35.3. The van der Waals surface area contributed by atoms with Crippen molar-refractivity contribution < 1.29 is 9.53 Å². The summed E-state index contributed by atoms with van der Waals surface area (Å²) in [4.78, 5) is 15.0. The Labute approximate surface area is 311 Å². The van der Waals surface area contributed by atoms with Gasteiger partial charge in [-0.25, -0.2) is 4.79 Å². The van der Waals surface area contributed by atoms with Crippen LogP contribution < -0.4 is 0 Å². The van der Waals surface area contributed by atoms with E-state index in [2.05, 4.69) is 87.5 Å². The minimum Gasteiger partial charge on any atom is -0.462 e. The first-order valence-electron chi connectivity index (χ1n) is 18.4. The number of carbonyl (C=O) groups is 1. The van der Waals surface area contributed by atoms with Crippen LogP contribution in [0.4, 0.5) is 0 Å². The molecule has 0 saturated heterocycles. The molecule has 0 amide bonds. The van der Waals surface area contributed by atoms with E-state index in [4.69, 9.17) is 25.2 Å². The molecule has 0 radical (unpaired) electrons. The van der Waals surface area contributed by atoms with Gasteiger partial charge in [-0.2, -0.15) is 5.10 Å². The van der Waals surface area contributed by atoms with Crippen molar-refractivity contribution in [3.8, 4) is 22.5 Å². The van der Waals surface area contributed by atoms with Crippen LogP contribution in [0.15, 0.2) is 140 Å². The van der Waals surface area contributed by atoms with Gasteiger partial charge in [-0.3, -0.25) is 4.68 Å². The van der Waals surface area contributed by atoms with Crippen molar-refractivity contribution in [1.29, 1.82) is 0 Å². The Bertz CT molecular complexity index is 2180. The predicted molar refractivity (Wildman–Crippen MR) is 209 cm³/mol. The Hall–Kier alpha value is -6.15. The molecular weight excluding hydrogens is 657 g/mol. The molecule has 0 bridgehead atoms. The van der Waals surface area contributed by atoms with Gasteiger partial charge in [-0.15, -0.1) is 15.0 Å². The fourth-order valence-electron chi connectivity index (χ4n) is 7.32. The van der Waals surface area contributed by atoms with Gasteiger partial charge in [-0.05, 0) is 57.9 Å². The van der Waals surface area contributed by atoms with Crippen molar-refractivity contribution in [1.82, 2.24) is 30.0 Å². The molecular formula is C45H44N6O2. The third kappa shape index (κ3) is 6.80. The summed E-state index contributed by atoms with van der Waals surface area (Å²) in [6.45, 7) is 9.21. The number of nitrogens with zero attached hydrogens (tertiary/aromatic N) is 6. The maximum atomic E-state index is 13.2. The lowest BCUT2D eigenvalue weighted by atomic mass is 9.77. The lowest BCUT2D eigenvalue weighted by Gasteiger charge is -2.34. The highest BCUT2D eigenvalue weighted by Crippen LogP contribution is 2.40. The molecule has 0 N–H and O–H groups in total. The van der Waals surface area contributed by atoms with Gasteiger partial charge in [0.2, 0.25) is 5.82 Å². The summed E-state index contributed by atoms with van der Waals surface area (Å²) in [5, 5.41) is 19.6. The molecule has 53 heavy (non-hydrogen) atoms. The monoisotopic (exact) mass is 700 g/mol. The molecule has 0 aliphatic rings. The van der Waals surface area contributed by atoms with Gasteiger partial charge in [0.25, 0.3) is 0 Å². The van der Waals surface area contributed by atoms with Crippen molar-refractivity contribution in [2.24, 2.45) is 0 Å². The topological polar surface area (TPSA) is 87.7 Å². The molecule has 2 aromatic heterocycles. The summed E-state index contributed by atoms with van der Waals surface area (Å²) in [7, 11) is 0. The molecule has 0 aliphatic heterocycles. The van der Waals surface area contributed by atoms with E-state index in [-0.39, 0.29) is 11.9 Å². The smallest absolute Gasteiger partial charge is 0.341 e. The molecule has 0 atom stereocenters. The normalized spacial score (nSPS) is 11.6. The molecule has 8 nitrogen and oxygen atoms in total. The maximum absolute atomic E-state index is 13.2. The zero-order chi connectivity index (χ0) is 36.8. The molecule has 7 rings (SSSR count). The summed E-state index contributed by atoms with van der Waals surface area (Å²) in [6, 6.07) is 47.6. The summed E-state index contributed by atoms with van der Waals surface area (Å²) < 4.78 is 7.49. The first-order valence-corrected chi connectivity index (χ1v) is 18.4. The van der Waals surface area contributed by atoms with Gasteiger partial charge in [0.15, 0.2) is 5.54 Å². The third-order valence-electron chi connectivity index (χ3n) is 9.62. The van der Waals surface area contributed by atoms with E-state index in [1.807, 2.05) is 84.4 Å². The minimum absolute atomic E-state index is 0.130. The summed E-state index contributed by atoms with van der Waals surface area (Å²) in [6.07, 6.45) is 1.44. The summed E-state index contributed by atoms with van der Waals surface area (Å²) >= 11 is 0. The van der Waals surface area contributed by atoms with Gasteiger partial charge >= 0.3 is 5.97 Å². The quantitative estimate of drug-likeness (QED) is 0.0880. The van der Waals surface area contributed by atoms with Crippen molar-refractivity contribution >= 4 is 5.97 Å². The fraction of sp³-hybridized carbons (Fsp3) is 0.222. The molecule has 8 heteroatoms. The highest BCUT2D eigenvalue weighted by molar-refractivity contribution is 5.92. The van der Waals surface area contributed by atoms with Crippen LogP contribution in [0.5, 0.6) is 0 Å². The molecule has 2 heterocycles. The van der Waals surface area contributed by atoms with Crippen LogP contribution in [0.1, 0.15) is 84.0 Å². The number of aromatic nitrogens is 6. The van der Waals surface area contributed by atoms with Crippen LogP contribution in [-0.4, -0.2) is 42.6 Å². The SMILES string of the molecule is CCCn1nc(Cc2ccc(-c3ccccc3-c3nnn(C(c4ccccc4)(c4ccccc4)c4ccccc4)n3)cc2)c(C(=O)OCC)c1C(C)C. The molecule has 0 saturated carbocycles. The number of ether oxygens (including phenoxy) is 1.